The van der Waals surface area contributed by atoms with E-state index in [0.717, 1.165) is 29.3 Å². The molecular weight excluding hydrogens is 232 g/mol. The van der Waals surface area contributed by atoms with Crippen LogP contribution in [-0.2, 0) is 17.6 Å². The predicted octanol–water partition coefficient (Wildman–Crippen LogP) is 2.68. The third-order valence-corrected chi connectivity index (χ3v) is 3.41. The molecule has 3 nitrogen and oxygen atoms in total. The normalized spacial score (nSPS) is 12.0. The molecule has 1 heterocycles. The Balaban J connectivity index is 2.52. The maximum atomic E-state index is 5.62. The highest BCUT2D eigenvalue weighted by Gasteiger charge is 2.19. The zero-order valence-corrected chi connectivity index (χ0v) is 11.0. The van der Waals surface area contributed by atoms with Crippen molar-refractivity contribution in [2.45, 2.75) is 38.7 Å². The molecule has 0 unspecified atom stereocenters. The van der Waals surface area contributed by atoms with E-state index >= 15 is 0 Å². The first-order chi connectivity index (χ1) is 7.07. The lowest BCUT2D eigenvalue weighted by atomic mass is 10.1. The number of methoxy groups -OCH3 is 1. The number of halogens is 1. The minimum Gasteiger partial charge on any atom is -0.378 e. The first kappa shape index (κ1) is 12.9. The Hall–Kier alpha value is -0.190. The lowest BCUT2D eigenvalue weighted by Crippen LogP contribution is -2.25. The van der Waals surface area contributed by atoms with E-state index in [1.54, 1.807) is 18.4 Å². The Labute approximate surface area is 99.8 Å². The summed E-state index contributed by atoms with van der Waals surface area (Å²) in [7, 11) is 1.72. The van der Waals surface area contributed by atoms with Crippen molar-refractivity contribution in [3.63, 3.8) is 0 Å². The van der Waals surface area contributed by atoms with Gasteiger partial charge in [-0.1, -0.05) is 0 Å². The van der Waals surface area contributed by atoms with Gasteiger partial charge in [0.25, 0.3) is 0 Å². The van der Waals surface area contributed by atoms with Crippen molar-refractivity contribution in [3.8, 4) is 0 Å². The minimum atomic E-state index is -0.163. The second-order valence-corrected chi connectivity index (χ2v) is 5.55. The molecule has 15 heavy (non-hydrogen) atoms. The zero-order chi connectivity index (χ0) is 11.3. The van der Waals surface area contributed by atoms with Gasteiger partial charge >= 0.3 is 0 Å². The van der Waals surface area contributed by atoms with Crippen molar-refractivity contribution >= 4 is 22.9 Å². The van der Waals surface area contributed by atoms with Gasteiger partial charge in [0.2, 0.25) is 0 Å². The van der Waals surface area contributed by atoms with E-state index in [4.69, 9.17) is 16.3 Å². The van der Waals surface area contributed by atoms with Crippen molar-refractivity contribution in [2.75, 3.05) is 13.0 Å². The average Bonchev–Trinajstić information content (AvgIpc) is 2.62. The summed E-state index contributed by atoms with van der Waals surface area (Å²) >= 11 is 7.28. The van der Waals surface area contributed by atoms with Gasteiger partial charge in [-0.25, -0.2) is 0 Å². The Kier molecular flexibility index (Phi) is 4.96. The smallest absolute Gasteiger partial charge is 0.120 e. The highest BCUT2D eigenvalue weighted by atomic mass is 35.5. The number of hydrogen-bond donors (Lipinski definition) is 0. The van der Waals surface area contributed by atoms with Crippen LogP contribution in [-0.4, -0.2) is 28.8 Å². The number of alkyl halides is 1. The van der Waals surface area contributed by atoms with E-state index in [0.29, 0.717) is 5.88 Å². The lowest BCUT2D eigenvalue weighted by molar-refractivity contribution is 0.0230. The molecule has 1 aromatic rings. The molecule has 0 aromatic carbocycles. The second kappa shape index (κ2) is 5.77. The van der Waals surface area contributed by atoms with E-state index in [9.17, 15) is 0 Å². The fourth-order valence-electron chi connectivity index (χ4n) is 1.12. The summed E-state index contributed by atoms with van der Waals surface area (Å²) in [4.78, 5) is 0. The molecule has 0 spiro atoms. The largest absolute Gasteiger partial charge is 0.378 e. The number of aryl methyl sites for hydroxylation is 1. The van der Waals surface area contributed by atoms with Crippen molar-refractivity contribution in [1.82, 2.24) is 10.2 Å². The number of nitrogens with zero attached hydrogens (tertiary/aromatic N) is 2. The summed E-state index contributed by atoms with van der Waals surface area (Å²) in [6.07, 6.45) is 2.69. The Morgan fingerprint density at radius 3 is 2.60 bits per heavy atom. The van der Waals surface area contributed by atoms with Gasteiger partial charge in [-0.2, -0.15) is 0 Å². The van der Waals surface area contributed by atoms with Crippen LogP contribution in [0.4, 0.5) is 0 Å². The number of hydrogen-bond acceptors (Lipinski definition) is 4. The molecule has 0 aliphatic heterocycles. The van der Waals surface area contributed by atoms with Crippen LogP contribution in [0.25, 0.3) is 0 Å². The van der Waals surface area contributed by atoms with Crippen molar-refractivity contribution in [2.24, 2.45) is 0 Å². The van der Waals surface area contributed by atoms with E-state index < -0.39 is 0 Å². The van der Waals surface area contributed by atoms with Crippen LogP contribution in [0.3, 0.4) is 0 Å². The molecule has 0 bridgehead atoms. The molecule has 0 fully saturated rings. The molecule has 0 amide bonds. The van der Waals surface area contributed by atoms with Crippen LogP contribution in [0, 0.1) is 0 Å². The molecule has 0 radical (unpaired) electrons. The summed E-state index contributed by atoms with van der Waals surface area (Å²) in [6, 6.07) is 0. The maximum Gasteiger partial charge on any atom is 0.120 e. The van der Waals surface area contributed by atoms with Crippen LogP contribution in [0.15, 0.2) is 0 Å². The lowest BCUT2D eigenvalue weighted by Gasteiger charge is -2.20. The Bertz CT molecular complexity index is 301. The van der Waals surface area contributed by atoms with Crippen LogP contribution >= 0.6 is 22.9 Å². The molecule has 0 saturated carbocycles. The van der Waals surface area contributed by atoms with Gasteiger partial charge in [-0.15, -0.1) is 33.1 Å². The van der Waals surface area contributed by atoms with Crippen LogP contribution in [0.5, 0.6) is 0 Å². The fourth-order valence-corrected chi connectivity index (χ4v) is 2.35. The monoisotopic (exact) mass is 248 g/mol. The predicted molar refractivity (Wildman–Crippen MR) is 63.7 cm³/mol. The van der Waals surface area contributed by atoms with E-state index in [1.807, 2.05) is 13.8 Å². The summed E-state index contributed by atoms with van der Waals surface area (Å²) < 4.78 is 5.35. The zero-order valence-electron chi connectivity index (χ0n) is 9.42. The third-order valence-electron chi connectivity index (χ3n) is 2.16. The molecule has 1 aromatic heterocycles. The van der Waals surface area contributed by atoms with Crippen LogP contribution < -0.4 is 0 Å². The van der Waals surface area contributed by atoms with Gasteiger partial charge in [-0.05, 0) is 20.3 Å². The topological polar surface area (TPSA) is 35.0 Å². The van der Waals surface area contributed by atoms with Crippen molar-refractivity contribution in [1.29, 1.82) is 0 Å². The van der Waals surface area contributed by atoms with Crippen LogP contribution in [0.1, 0.15) is 30.3 Å². The summed E-state index contributed by atoms with van der Waals surface area (Å²) in [5, 5.41) is 10.4. The number of aromatic nitrogens is 2. The van der Waals surface area contributed by atoms with E-state index in [-0.39, 0.29) is 5.60 Å². The van der Waals surface area contributed by atoms with Gasteiger partial charge in [0.1, 0.15) is 10.0 Å². The summed E-state index contributed by atoms with van der Waals surface area (Å²) in [6.45, 7) is 4.10. The van der Waals surface area contributed by atoms with E-state index in [1.165, 1.54) is 0 Å². The average molecular weight is 249 g/mol. The highest BCUT2D eigenvalue weighted by molar-refractivity contribution is 7.11. The van der Waals surface area contributed by atoms with Gasteiger partial charge in [0, 0.05) is 25.8 Å². The van der Waals surface area contributed by atoms with Gasteiger partial charge in [0.05, 0.1) is 5.60 Å². The minimum absolute atomic E-state index is 0.163. The van der Waals surface area contributed by atoms with Gasteiger partial charge in [-0.3, -0.25) is 0 Å². The second-order valence-electron chi connectivity index (χ2n) is 4.02. The SMILES string of the molecule is COC(C)(C)Cc1nnc(CCCCl)s1. The standard InChI is InChI=1S/C10H17ClN2OS/c1-10(2,14-3)7-9-13-12-8(15-9)5-4-6-11/h4-7H2,1-3H3. The van der Waals surface area contributed by atoms with Crippen molar-refractivity contribution in [3.05, 3.63) is 10.0 Å². The van der Waals surface area contributed by atoms with Gasteiger partial charge < -0.3 is 4.74 Å². The van der Waals surface area contributed by atoms with E-state index in [2.05, 4.69) is 10.2 Å². The van der Waals surface area contributed by atoms with Crippen LogP contribution in [0.2, 0.25) is 0 Å². The quantitative estimate of drug-likeness (QED) is 0.726. The Morgan fingerprint density at radius 2 is 2.00 bits per heavy atom. The molecule has 0 atom stereocenters. The number of ether oxygens (including phenoxy) is 1. The molecule has 5 heteroatoms. The highest BCUT2D eigenvalue weighted by Crippen LogP contribution is 2.19. The fraction of sp³-hybridized carbons (Fsp3) is 0.800. The molecule has 86 valence electrons. The maximum absolute atomic E-state index is 5.62. The summed E-state index contributed by atoms with van der Waals surface area (Å²) in [5.74, 6) is 0.679. The molecule has 0 aliphatic rings. The molecule has 1 rings (SSSR count). The molecular formula is C10H17ClN2OS. The third kappa shape index (κ3) is 4.45. The molecule has 0 aliphatic carbocycles. The first-order valence-electron chi connectivity index (χ1n) is 5.00. The molecule has 0 saturated heterocycles. The number of rotatable bonds is 6. The van der Waals surface area contributed by atoms with Gasteiger partial charge in [0.15, 0.2) is 0 Å². The summed E-state index contributed by atoms with van der Waals surface area (Å²) in [5.41, 5.74) is -0.163. The first-order valence-corrected chi connectivity index (χ1v) is 6.35. The Morgan fingerprint density at radius 1 is 1.33 bits per heavy atom. The van der Waals surface area contributed by atoms with Crippen molar-refractivity contribution < 1.29 is 4.74 Å². The molecule has 0 N–H and O–H groups in total.